The van der Waals surface area contributed by atoms with Gasteiger partial charge in [0.25, 0.3) is 0 Å². The van der Waals surface area contributed by atoms with Gasteiger partial charge in [0.05, 0.1) is 0 Å². The van der Waals surface area contributed by atoms with Gasteiger partial charge in [0.15, 0.2) is 5.79 Å². The smallest absolute Gasteiger partial charge is 0.215 e. The van der Waals surface area contributed by atoms with Crippen molar-refractivity contribution < 1.29 is 4.79 Å². The molecule has 0 fully saturated rings. The Hall–Kier alpha value is -1.67. The molecule has 0 aliphatic heterocycles. The van der Waals surface area contributed by atoms with Crippen molar-refractivity contribution in [3.05, 3.63) is 22.8 Å². The SMILES string of the molecule is Cc1c(N)cc(C(=O)C(N)(N)N(C)N)c(N)c1C. The van der Waals surface area contributed by atoms with Crippen LogP contribution in [0.3, 0.4) is 0 Å². The summed E-state index contributed by atoms with van der Waals surface area (Å²) in [7, 11) is 1.40. The first-order chi connectivity index (χ1) is 8.10. The van der Waals surface area contributed by atoms with Crippen LogP contribution < -0.4 is 28.8 Å². The Labute approximate surface area is 106 Å². The van der Waals surface area contributed by atoms with Crippen molar-refractivity contribution in [3.63, 3.8) is 0 Å². The summed E-state index contributed by atoms with van der Waals surface area (Å²) < 4.78 is 0. The summed E-state index contributed by atoms with van der Waals surface area (Å²) in [4.78, 5) is 12.2. The summed E-state index contributed by atoms with van der Waals surface area (Å²) >= 11 is 0. The zero-order valence-corrected chi connectivity index (χ0v) is 10.8. The lowest BCUT2D eigenvalue weighted by atomic mass is 9.96. The standard InChI is InChI=1S/C11H20N6O/c1-5-6(2)9(13)7(4-8(5)12)10(18)11(14,15)17(3)16/h4H,12-16H2,1-3H3. The highest BCUT2D eigenvalue weighted by atomic mass is 16.1. The summed E-state index contributed by atoms with van der Waals surface area (Å²) in [6.07, 6.45) is 0. The molecule has 10 N–H and O–H groups in total. The number of nitrogens with two attached hydrogens (primary N) is 5. The lowest BCUT2D eigenvalue weighted by molar-refractivity contribution is 0.0649. The van der Waals surface area contributed by atoms with Gasteiger partial charge in [0, 0.05) is 24.0 Å². The number of hydrazine groups is 1. The second kappa shape index (κ2) is 4.54. The fourth-order valence-electron chi connectivity index (χ4n) is 1.53. The third kappa shape index (κ3) is 2.16. The van der Waals surface area contributed by atoms with Crippen molar-refractivity contribution in [2.45, 2.75) is 19.6 Å². The van der Waals surface area contributed by atoms with Crippen LogP contribution in [-0.2, 0) is 0 Å². The predicted molar refractivity (Wildman–Crippen MR) is 72.1 cm³/mol. The van der Waals surface area contributed by atoms with Crippen LogP contribution >= 0.6 is 0 Å². The third-order valence-electron chi connectivity index (χ3n) is 3.18. The van der Waals surface area contributed by atoms with Crippen LogP contribution in [0.25, 0.3) is 0 Å². The second-order valence-electron chi connectivity index (χ2n) is 4.44. The fourth-order valence-corrected chi connectivity index (χ4v) is 1.53. The molecule has 1 aromatic rings. The summed E-state index contributed by atoms with van der Waals surface area (Å²) in [6.45, 7) is 3.60. The molecule has 100 valence electrons. The molecule has 0 aromatic heterocycles. The van der Waals surface area contributed by atoms with Gasteiger partial charge in [-0.05, 0) is 31.0 Å². The van der Waals surface area contributed by atoms with Gasteiger partial charge < -0.3 is 11.5 Å². The molecule has 0 aliphatic carbocycles. The molecule has 1 rings (SSSR count). The van der Waals surface area contributed by atoms with Crippen LogP contribution in [0.5, 0.6) is 0 Å². The largest absolute Gasteiger partial charge is 0.398 e. The molecular weight excluding hydrogens is 232 g/mol. The number of likely N-dealkylation sites (N-methyl/N-ethyl adjacent to an activating group) is 1. The van der Waals surface area contributed by atoms with E-state index in [4.69, 9.17) is 28.8 Å². The maximum atomic E-state index is 12.2. The molecule has 7 heteroatoms. The average Bonchev–Trinajstić information content (AvgIpc) is 2.30. The number of hydrogen-bond acceptors (Lipinski definition) is 7. The van der Waals surface area contributed by atoms with Gasteiger partial charge in [0.1, 0.15) is 0 Å². The Balaban J connectivity index is 3.40. The summed E-state index contributed by atoms with van der Waals surface area (Å²) in [5.41, 5.74) is 25.6. The molecule has 0 amide bonds. The van der Waals surface area contributed by atoms with Crippen molar-refractivity contribution in [1.82, 2.24) is 5.01 Å². The Morgan fingerprint density at radius 2 is 1.72 bits per heavy atom. The Bertz CT molecular complexity index is 495. The number of carbonyl (C=O) groups is 1. The minimum Gasteiger partial charge on any atom is -0.398 e. The van der Waals surface area contributed by atoms with Gasteiger partial charge in [-0.3, -0.25) is 22.1 Å². The number of Topliss-reactive ketones (excluding diaryl/α,β-unsaturated/α-hetero) is 1. The molecule has 0 saturated heterocycles. The molecule has 0 aliphatic rings. The normalized spacial score (nSPS) is 11.9. The minimum absolute atomic E-state index is 0.179. The van der Waals surface area contributed by atoms with Gasteiger partial charge in [-0.1, -0.05) is 0 Å². The molecule has 0 spiro atoms. The molecule has 0 unspecified atom stereocenters. The van der Waals surface area contributed by atoms with E-state index in [0.717, 1.165) is 16.1 Å². The number of nitrogens with zero attached hydrogens (tertiary/aromatic N) is 1. The maximum Gasteiger partial charge on any atom is 0.215 e. The van der Waals surface area contributed by atoms with Crippen LogP contribution in [0.1, 0.15) is 21.5 Å². The van der Waals surface area contributed by atoms with E-state index in [1.54, 1.807) is 6.92 Å². The monoisotopic (exact) mass is 252 g/mol. The molecule has 0 bridgehead atoms. The Morgan fingerprint density at radius 1 is 1.22 bits per heavy atom. The van der Waals surface area contributed by atoms with Crippen LogP contribution in [-0.4, -0.2) is 23.6 Å². The second-order valence-corrected chi connectivity index (χ2v) is 4.44. The highest BCUT2D eigenvalue weighted by Gasteiger charge is 2.35. The number of carbonyl (C=O) groups excluding carboxylic acids is 1. The summed E-state index contributed by atoms with van der Waals surface area (Å²) in [6, 6.07) is 1.47. The van der Waals surface area contributed by atoms with Gasteiger partial charge in [0.2, 0.25) is 5.78 Å². The van der Waals surface area contributed by atoms with Crippen molar-refractivity contribution in [1.29, 1.82) is 0 Å². The number of anilines is 2. The molecular formula is C11H20N6O. The van der Waals surface area contributed by atoms with E-state index >= 15 is 0 Å². The van der Waals surface area contributed by atoms with Crippen LogP contribution in [0.15, 0.2) is 6.07 Å². The Kier molecular flexibility index (Phi) is 3.63. The van der Waals surface area contributed by atoms with E-state index in [1.807, 2.05) is 6.92 Å². The van der Waals surface area contributed by atoms with E-state index in [9.17, 15) is 4.79 Å². The number of rotatable bonds is 3. The van der Waals surface area contributed by atoms with Gasteiger partial charge in [-0.15, -0.1) is 0 Å². The highest BCUT2D eigenvalue weighted by Crippen LogP contribution is 2.27. The number of nitrogen functional groups attached to an aromatic ring is 2. The maximum absolute atomic E-state index is 12.2. The van der Waals surface area contributed by atoms with Gasteiger partial charge >= 0.3 is 0 Å². The van der Waals surface area contributed by atoms with E-state index < -0.39 is 11.6 Å². The van der Waals surface area contributed by atoms with Gasteiger partial charge in [-0.25, -0.2) is 5.01 Å². The highest BCUT2D eigenvalue weighted by molar-refractivity contribution is 6.07. The predicted octanol–water partition coefficient (Wildman–Crippen LogP) is -0.973. The Morgan fingerprint density at radius 3 is 2.17 bits per heavy atom. The van der Waals surface area contributed by atoms with Gasteiger partial charge in [-0.2, -0.15) is 0 Å². The summed E-state index contributed by atoms with van der Waals surface area (Å²) in [5.74, 6) is 3.04. The topological polar surface area (TPSA) is 150 Å². The number of benzene rings is 1. The van der Waals surface area contributed by atoms with Crippen LogP contribution in [0.4, 0.5) is 11.4 Å². The van der Waals surface area contributed by atoms with Crippen molar-refractivity contribution in [3.8, 4) is 0 Å². The zero-order chi connectivity index (χ0) is 14.2. The first-order valence-corrected chi connectivity index (χ1v) is 5.37. The van der Waals surface area contributed by atoms with Crippen molar-refractivity contribution in [2.24, 2.45) is 17.3 Å². The lowest BCUT2D eigenvalue weighted by Crippen LogP contribution is -2.69. The van der Waals surface area contributed by atoms with Crippen molar-refractivity contribution >= 4 is 17.2 Å². The van der Waals surface area contributed by atoms with Crippen LogP contribution in [0, 0.1) is 13.8 Å². The molecule has 1 aromatic carbocycles. The van der Waals surface area contributed by atoms with E-state index in [1.165, 1.54) is 13.1 Å². The average molecular weight is 252 g/mol. The summed E-state index contributed by atoms with van der Waals surface area (Å²) in [5, 5.41) is 0.931. The first kappa shape index (κ1) is 14.4. The van der Waals surface area contributed by atoms with Crippen LogP contribution in [0.2, 0.25) is 0 Å². The van der Waals surface area contributed by atoms with E-state index in [2.05, 4.69) is 0 Å². The van der Waals surface area contributed by atoms with E-state index in [-0.39, 0.29) is 5.56 Å². The lowest BCUT2D eigenvalue weighted by Gasteiger charge is -2.30. The van der Waals surface area contributed by atoms with Crippen molar-refractivity contribution in [2.75, 3.05) is 18.5 Å². The molecule has 18 heavy (non-hydrogen) atoms. The molecule has 0 atom stereocenters. The molecule has 0 heterocycles. The van der Waals surface area contributed by atoms with E-state index in [0.29, 0.717) is 11.4 Å². The molecule has 0 saturated carbocycles. The minimum atomic E-state index is -1.83. The third-order valence-corrected chi connectivity index (χ3v) is 3.18. The first-order valence-electron chi connectivity index (χ1n) is 5.37. The fraction of sp³-hybridized carbons (Fsp3) is 0.364. The molecule has 7 nitrogen and oxygen atoms in total. The molecule has 0 radical (unpaired) electrons. The quantitative estimate of drug-likeness (QED) is 0.152. The number of hydrogen-bond donors (Lipinski definition) is 5. The number of ketones is 1. The zero-order valence-electron chi connectivity index (χ0n) is 10.8.